The van der Waals surface area contributed by atoms with Crippen LogP contribution in [0, 0.1) is 5.92 Å². The monoisotopic (exact) mass is 404 g/mol. The molecule has 29 heavy (non-hydrogen) atoms. The van der Waals surface area contributed by atoms with Crippen LogP contribution in [-0.2, 0) is 12.8 Å². The third kappa shape index (κ3) is 6.52. The third-order valence-corrected chi connectivity index (χ3v) is 6.10. The molecule has 1 saturated carbocycles. The number of hydrogen-bond donors (Lipinski definition) is 0. The van der Waals surface area contributed by atoms with Gasteiger partial charge >= 0.3 is 6.18 Å². The molecule has 158 valence electrons. The van der Waals surface area contributed by atoms with E-state index in [2.05, 4.69) is 31.2 Å². The lowest BCUT2D eigenvalue weighted by atomic mass is 9.77. The fourth-order valence-corrected chi connectivity index (χ4v) is 4.26. The summed E-state index contributed by atoms with van der Waals surface area (Å²) in [6.07, 6.45) is 6.33. The van der Waals surface area contributed by atoms with Gasteiger partial charge in [0, 0.05) is 0 Å². The van der Waals surface area contributed by atoms with Crippen LogP contribution in [0.2, 0.25) is 0 Å². The summed E-state index contributed by atoms with van der Waals surface area (Å²) in [5.41, 5.74) is 1.77. The molecule has 2 aromatic carbocycles. The molecule has 0 N–H and O–H groups in total. The van der Waals surface area contributed by atoms with Crippen LogP contribution < -0.4 is 4.74 Å². The Bertz CT molecular complexity index is 726. The van der Waals surface area contributed by atoms with Gasteiger partial charge in [-0.3, -0.25) is 0 Å². The minimum atomic E-state index is -4.32. The van der Waals surface area contributed by atoms with E-state index >= 15 is 0 Å². The lowest BCUT2D eigenvalue weighted by molar-refractivity contribution is -0.137. The van der Waals surface area contributed by atoms with Crippen molar-refractivity contribution in [2.24, 2.45) is 5.92 Å². The SMILES string of the molecule is CCCCCC1CCC(c2ccc(COc3ccc(C(F)(F)F)cc3)cc2)CC1. The standard InChI is InChI=1S/C25H31F3O/c1-2-3-4-5-19-6-10-21(11-7-19)22-12-8-20(9-13-22)18-29-24-16-14-23(15-17-24)25(26,27)28/h8-9,12-17,19,21H,2-7,10-11,18H2,1H3. The average molecular weight is 405 g/mol. The van der Waals surface area contributed by atoms with Gasteiger partial charge in [-0.05, 0) is 72.9 Å². The molecule has 0 saturated heterocycles. The first kappa shape index (κ1) is 21.7. The maximum Gasteiger partial charge on any atom is 0.416 e. The Hall–Kier alpha value is -1.97. The van der Waals surface area contributed by atoms with E-state index in [9.17, 15) is 13.2 Å². The molecule has 4 heteroatoms. The number of ether oxygens (including phenoxy) is 1. The lowest BCUT2D eigenvalue weighted by Gasteiger charge is -2.29. The van der Waals surface area contributed by atoms with Gasteiger partial charge < -0.3 is 4.74 Å². The largest absolute Gasteiger partial charge is 0.489 e. The zero-order valence-corrected chi connectivity index (χ0v) is 17.2. The first-order chi connectivity index (χ1) is 14.0. The highest BCUT2D eigenvalue weighted by Gasteiger charge is 2.30. The van der Waals surface area contributed by atoms with Gasteiger partial charge in [0.1, 0.15) is 12.4 Å². The Labute approximate surface area is 172 Å². The summed E-state index contributed by atoms with van der Waals surface area (Å²) < 4.78 is 43.5. The van der Waals surface area contributed by atoms with Gasteiger partial charge in [0.15, 0.2) is 0 Å². The highest BCUT2D eigenvalue weighted by Crippen LogP contribution is 2.38. The molecule has 0 spiro atoms. The molecule has 1 aliphatic rings. The van der Waals surface area contributed by atoms with Crippen LogP contribution in [0.5, 0.6) is 5.75 Å². The van der Waals surface area contributed by atoms with Crippen LogP contribution in [0.3, 0.4) is 0 Å². The van der Waals surface area contributed by atoms with Crippen LogP contribution in [0.25, 0.3) is 0 Å². The van der Waals surface area contributed by atoms with Gasteiger partial charge in [0.2, 0.25) is 0 Å². The first-order valence-electron chi connectivity index (χ1n) is 10.8. The van der Waals surface area contributed by atoms with Crippen LogP contribution in [0.15, 0.2) is 48.5 Å². The van der Waals surface area contributed by atoms with E-state index in [0.717, 1.165) is 23.6 Å². The molecule has 2 aromatic rings. The van der Waals surface area contributed by atoms with E-state index in [1.165, 1.54) is 69.1 Å². The summed E-state index contributed by atoms with van der Waals surface area (Å²) in [6.45, 7) is 2.62. The molecular weight excluding hydrogens is 373 g/mol. The molecular formula is C25H31F3O. The van der Waals surface area contributed by atoms with Gasteiger partial charge in [-0.2, -0.15) is 13.2 Å². The Morgan fingerprint density at radius 1 is 0.862 bits per heavy atom. The Balaban J connectivity index is 1.46. The predicted molar refractivity (Wildman–Crippen MR) is 111 cm³/mol. The van der Waals surface area contributed by atoms with E-state index in [-0.39, 0.29) is 0 Å². The van der Waals surface area contributed by atoms with Crippen molar-refractivity contribution in [3.8, 4) is 5.75 Å². The second-order valence-electron chi connectivity index (χ2n) is 8.27. The van der Waals surface area contributed by atoms with Crippen LogP contribution in [0.1, 0.15) is 80.9 Å². The fourth-order valence-electron chi connectivity index (χ4n) is 4.26. The van der Waals surface area contributed by atoms with E-state index in [0.29, 0.717) is 18.3 Å². The maximum absolute atomic E-state index is 12.6. The molecule has 0 bridgehead atoms. The molecule has 1 fully saturated rings. The highest BCUT2D eigenvalue weighted by atomic mass is 19.4. The van der Waals surface area contributed by atoms with Crippen molar-refractivity contribution in [2.45, 2.75) is 77.0 Å². The molecule has 0 amide bonds. The summed E-state index contributed by atoms with van der Waals surface area (Å²) in [5.74, 6) is 2.01. The zero-order valence-electron chi connectivity index (χ0n) is 17.2. The van der Waals surface area contributed by atoms with Crippen molar-refractivity contribution in [1.29, 1.82) is 0 Å². The van der Waals surface area contributed by atoms with E-state index in [4.69, 9.17) is 4.74 Å². The number of hydrogen-bond acceptors (Lipinski definition) is 1. The van der Waals surface area contributed by atoms with Gasteiger partial charge in [-0.15, -0.1) is 0 Å². The molecule has 0 unspecified atom stereocenters. The number of halogens is 3. The number of alkyl halides is 3. The Morgan fingerprint density at radius 2 is 1.52 bits per heavy atom. The van der Waals surface area contributed by atoms with Gasteiger partial charge in [0.25, 0.3) is 0 Å². The average Bonchev–Trinajstić information content (AvgIpc) is 2.73. The number of unbranched alkanes of at least 4 members (excludes halogenated alkanes) is 2. The molecule has 0 radical (unpaired) electrons. The number of rotatable bonds is 8. The molecule has 0 atom stereocenters. The Kier molecular flexibility index (Phi) is 7.63. The minimum Gasteiger partial charge on any atom is -0.489 e. The Morgan fingerprint density at radius 3 is 2.10 bits per heavy atom. The summed E-state index contributed by atoms with van der Waals surface area (Å²) >= 11 is 0. The lowest BCUT2D eigenvalue weighted by Crippen LogP contribution is -2.13. The van der Waals surface area contributed by atoms with E-state index < -0.39 is 11.7 Å². The summed E-state index contributed by atoms with van der Waals surface area (Å²) in [7, 11) is 0. The summed E-state index contributed by atoms with van der Waals surface area (Å²) in [4.78, 5) is 0. The second kappa shape index (κ2) is 10.2. The normalized spacial score (nSPS) is 19.9. The smallest absolute Gasteiger partial charge is 0.416 e. The van der Waals surface area contributed by atoms with Crippen molar-refractivity contribution < 1.29 is 17.9 Å². The second-order valence-corrected chi connectivity index (χ2v) is 8.27. The van der Waals surface area contributed by atoms with E-state index in [1.54, 1.807) is 0 Å². The van der Waals surface area contributed by atoms with E-state index in [1.807, 2.05) is 0 Å². The molecule has 3 rings (SSSR count). The van der Waals surface area contributed by atoms with Gasteiger partial charge in [0.05, 0.1) is 5.56 Å². The van der Waals surface area contributed by atoms with Crippen molar-refractivity contribution in [1.82, 2.24) is 0 Å². The highest BCUT2D eigenvalue weighted by molar-refractivity contribution is 5.30. The zero-order chi connectivity index (χ0) is 20.7. The quantitative estimate of drug-likeness (QED) is 0.403. The molecule has 0 heterocycles. The third-order valence-electron chi connectivity index (χ3n) is 6.10. The van der Waals surface area contributed by atoms with Gasteiger partial charge in [-0.1, -0.05) is 56.9 Å². The van der Waals surface area contributed by atoms with Crippen LogP contribution in [-0.4, -0.2) is 0 Å². The minimum absolute atomic E-state index is 0.357. The van der Waals surface area contributed by atoms with Crippen molar-refractivity contribution in [3.63, 3.8) is 0 Å². The molecule has 0 aromatic heterocycles. The first-order valence-corrected chi connectivity index (χ1v) is 10.8. The molecule has 1 nitrogen and oxygen atoms in total. The summed E-state index contributed by atoms with van der Waals surface area (Å²) in [5, 5.41) is 0. The molecule has 1 aliphatic carbocycles. The predicted octanol–water partition coefficient (Wildman–Crippen LogP) is 8.14. The van der Waals surface area contributed by atoms with Crippen LogP contribution in [0.4, 0.5) is 13.2 Å². The van der Waals surface area contributed by atoms with Crippen molar-refractivity contribution >= 4 is 0 Å². The fraction of sp³-hybridized carbons (Fsp3) is 0.520. The van der Waals surface area contributed by atoms with Crippen LogP contribution >= 0.6 is 0 Å². The topological polar surface area (TPSA) is 9.23 Å². The maximum atomic E-state index is 12.6. The summed E-state index contributed by atoms with van der Waals surface area (Å²) in [6, 6.07) is 13.4. The molecule has 0 aliphatic heterocycles. The van der Waals surface area contributed by atoms with Crippen molar-refractivity contribution in [3.05, 3.63) is 65.2 Å². The van der Waals surface area contributed by atoms with Crippen molar-refractivity contribution in [2.75, 3.05) is 0 Å². The van der Waals surface area contributed by atoms with Gasteiger partial charge in [-0.25, -0.2) is 0 Å². The number of benzene rings is 2.